The maximum absolute atomic E-state index is 14.5. The van der Waals surface area contributed by atoms with Gasteiger partial charge in [-0.25, -0.2) is 13.8 Å². The van der Waals surface area contributed by atoms with E-state index in [0.29, 0.717) is 4.47 Å². The van der Waals surface area contributed by atoms with Crippen molar-refractivity contribution >= 4 is 80.0 Å². The molecule has 164 valence electrons. The van der Waals surface area contributed by atoms with E-state index in [-0.39, 0.29) is 50.3 Å². The lowest BCUT2D eigenvalue weighted by molar-refractivity contribution is 0.0964. The third-order valence-corrected chi connectivity index (χ3v) is 5.66. The standard InChI is InChI=1S/C21H10BrCl2F2N3O2.ClH/c22-9-6-10-11(19(30)17-14(25)4-5-15(27)18(17)26)8-29(20(10)28-7-9)21(31)16-12(23)2-1-3-13(16)24;/h1-8H,27H2;1H. The number of pyridine rings is 1. The number of anilines is 1. The number of aromatic nitrogens is 2. The molecule has 0 aliphatic rings. The molecule has 0 aliphatic carbocycles. The van der Waals surface area contributed by atoms with Crippen LogP contribution < -0.4 is 5.73 Å². The van der Waals surface area contributed by atoms with Gasteiger partial charge >= 0.3 is 0 Å². The summed E-state index contributed by atoms with van der Waals surface area (Å²) in [4.78, 5) is 30.5. The zero-order valence-corrected chi connectivity index (χ0v) is 19.6. The molecule has 0 bridgehead atoms. The van der Waals surface area contributed by atoms with Crippen molar-refractivity contribution < 1.29 is 18.4 Å². The first kappa shape index (κ1) is 24.1. The normalized spacial score (nSPS) is 10.8. The molecule has 5 nitrogen and oxygen atoms in total. The number of fused-ring (bicyclic) bond motifs is 1. The number of benzene rings is 2. The Hall–Kier alpha value is -2.52. The number of nitrogens with zero attached hydrogens (tertiary/aromatic N) is 2. The summed E-state index contributed by atoms with van der Waals surface area (Å²) in [6.45, 7) is 0. The zero-order valence-electron chi connectivity index (χ0n) is 15.7. The van der Waals surface area contributed by atoms with Gasteiger partial charge in [-0.1, -0.05) is 29.3 Å². The molecule has 0 atom stereocenters. The highest BCUT2D eigenvalue weighted by molar-refractivity contribution is 9.10. The molecular formula is C21H11BrCl3F2N3O2. The van der Waals surface area contributed by atoms with Crippen molar-refractivity contribution in [2.45, 2.75) is 0 Å². The molecule has 2 aromatic heterocycles. The summed E-state index contributed by atoms with van der Waals surface area (Å²) in [5.41, 5.74) is 4.21. The quantitative estimate of drug-likeness (QED) is 0.235. The van der Waals surface area contributed by atoms with Crippen LogP contribution in [0.1, 0.15) is 26.3 Å². The molecule has 32 heavy (non-hydrogen) atoms. The van der Waals surface area contributed by atoms with Crippen molar-refractivity contribution in [2.75, 3.05) is 5.73 Å². The molecule has 2 heterocycles. The molecule has 0 saturated heterocycles. The average molecular weight is 562 g/mol. The number of carbonyl (C=O) groups excluding carboxylic acids is 2. The molecule has 0 amide bonds. The second-order valence-corrected chi connectivity index (χ2v) is 8.22. The van der Waals surface area contributed by atoms with Crippen LogP contribution in [-0.4, -0.2) is 21.2 Å². The van der Waals surface area contributed by atoms with Crippen LogP contribution in [0.2, 0.25) is 10.0 Å². The van der Waals surface area contributed by atoms with Gasteiger partial charge in [0, 0.05) is 22.3 Å². The van der Waals surface area contributed by atoms with E-state index in [1.54, 1.807) is 6.07 Å². The Balaban J connectivity index is 0.00000289. The first-order valence-electron chi connectivity index (χ1n) is 8.64. The summed E-state index contributed by atoms with van der Waals surface area (Å²) >= 11 is 15.5. The number of hydrogen-bond donors (Lipinski definition) is 1. The van der Waals surface area contributed by atoms with E-state index in [4.69, 9.17) is 28.9 Å². The number of ketones is 1. The molecule has 4 aromatic rings. The first-order valence-corrected chi connectivity index (χ1v) is 10.2. The van der Waals surface area contributed by atoms with Crippen molar-refractivity contribution in [3.63, 3.8) is 0 Å². The molecule has 0 aliphatic heterocycles. The highest BCUT2D eigenvalue weighted by Gasteiger charge is 2.27. The van der Waals surface area contributed by atoms with Crippen molar-refractivity contribution in [1.29, 1.82) is 0 Å². The van der Waals surface area contributed by atoms with Gasteiger partial charge < -0.3 is 5.73 Å². The van der Waals surface area contributed by atoms with Gasteiger partial charge in [0.15, 0.2) is 5.82 Å². The van der Waals surface area contributed by atoms with Crippen LogP contribution >= 0.6 is 51.5 Å². The topological polar surface area (TPSA) is 78.0 Å². The van der Waals surface area contributed by atoms with Gasteiger partial charge in [0.25, 0.3) is 5.91 Å². The lowest BCUT2D eigenvalue weighted by Crippen LogP contribution is -2.13. The smallest absolute Gasteiger partial charge is 0.266 e. The lowest BCUT2D eigenvalue weighted by atomic mass is 10.0. The SMILES string of the molecule is Cl.Nc1ccc(F)c(C(=O)c2cn(C(=O)c3c(Cl)cccc3Cl)c3ncc(Br)cc23)c1F. The van der Waals surface area contributed by atoms with Crippen LogP contribution in [0, 0.1) is 11.6 Å². The second-order valence-electron chi connectivity index (χ2n) is 6.49. The Bertz CT molecular complexity index is 1390. The van der Waals surface area contributed by atoms with Gasteiger partial charge in [0.1, 0.15) is 11.5 Å². The Morgan fingerprint density at radius 3 is 2.38 bits per heavy atom. The minimum absolute atomic E-state index is 0. The third kappa shape index (κ3) is 3.99. The van der Waals surface area contributed by atoms with Crippen molar-refractivity contribution in [1.82, 2.24) is 9.55 Å². The maximum Gasteiger partial charge on any atom is 0.266 e. The Morgan fingerprint density at radius 2 is 1.72 bits per heavy atom. The number of carbonyl (C=O) groups is 2. The number of rotatable bonds is 3. The van der Waals surface area contributed by atoms with E-state index in [9.17, 15) is 18.4 Å². The fourth-order valence-electron chi connectivity index (χ4n) is 3.15. The molecule has 11 heteroatoms. The monoisotopic (exact) mass is 559 g/mol. The van der Waals surface area contributed by atoms with Gasteiger partial charge in [-0.3, -0.25) is 14.2 Å². The molecule has 0 spiro atoms. The summed E-state index contributed by atoms with van der Waals surface area (Å²) < 4.78 is 30.4. The summed E-state index contributed by atoms with van der Waals surface area (Å²) in [6, 6.07) is 7.97. The zero-order chi connectivity index (χ0) is 22.4. The van der Waals surface area contributed by atoms with E-state index in [1.807, 2.05) is 0 Å². The summed E-state index contributed by atoms with van der Waals surface area (Å²) in [5.74, 6) is -3.93. The Labute approximate surface area is 204 Å². The van der Waals surface area contributed by atoms with E-state index in [2.05, 4.69) is 20.9 Å². The Kier molecular flexibility index (Phi) is 6.90. The maximum atomic E-state index is 14.5. The fourth-order valence-corrected chi connectivity index (χ4v) is 4.04. The molecule has 0 fully saturated rings. The van der Waals surface area contributed by atoms with E-state index in [1.165, 1.54) is 24.4 Å². The predicted molar refractivity (Wildman–Crippen MR) is 125 cm³/mol. The second kappa shape index (κ2) is 9.15. The number of nitrogens with two attached hydrogens (primary N) is 1. The van der Waals surface area contributed by atoms with Gasteiger partial charge in [-0.05, 0) is 46.3 Å². The first-order chi connectivity index (χ1) is 14.7. The minimum Gasteiger partial charge on any atom is -0.396 e. The molecule has 0 radical (unpaired) electrons. The molecule has 4 rings (SSSR count). The fraction of sp³-hybridized carbons (Fsp3) is 0. The highest BCUT2D eigenvalue weighted by atomic mass is 79.9. The Morgan fingerprint density at radius 1 is 1.06 bits per heavy atom. The van der Waals surface area contributed by atoms with Crippen LogP contribution in [0.3, 0.4) is 0 Å². The van der Waals surface area contributed by atoms with Gasteiger partial charge in [0.2, 0.25) is 5.78 Å². The van der Waals surface area contributed by atoms with Crippen LogP contribution in [-0.2, 0) is 0 Å². The molecule has 0 saturated carbocycles. The van der Waals surface area contributed by atoms with Gasteiger partial charge in [0.05, 0.1) is 32.4 Å². The summed E-state index contributed by atoms with van der Waals surface area (Å²) in [7, 11) is 0. The molecular weight excluding hydrogens is 551 g/mol. The van der Waals surface area contributed by atoms with Crippen LogP contribution in [0.4, 0.5) is 14.5 Å². The van der Waals surface area contributed by atoms with Crippen molar-refractivity contribution in [2.24, 2.45) is 0 Å². The van der Waals surface area contributed by atoms with Gasteiger partial charge in [-0.15, -0.1) is 12.4 Å². The van der Waals surface area contributed by atoms with E-state index >= 15 is 0 Å². The summed E-state index contributed by atoms with van der Waals surface area (Å²) in [5, 5.41) is 0.381. The highest BCUT2D eigenvalue weighted by Crippen LogP contribution is 2.31. The molecule has 2 N–H and O–H groups in total. The van der Waals surface area contributed by atoms with E-state index < -0.39 is 28.9 Å². The minimum atomic E-state index is -1.19. The number of nitrogen functional groups attached to an aromatic ring is 1. The average Bonchev–Trinajstić information content (AvgIpc) is 3.09. The van der Waals surface area contributed by atoms with Crippen LogP contribution in [0.5, 0.6) is 0 Å². The number of hydrogen-bond acceptors (Lipinski definition) is 4. The van der Waals surface area contributed by atoms with Crippen LogP contribution in [0.25, 0.3) is 11.0 Å². The lowest BCUT2D eigenvalue weighted by Gasteiger charge is -2.07. The van der Waals surface area contributed by atoms with Gasteiger partial charge in [-0.2, -0.15) is 0 Å². The largest absolute Gasteiger partial charge is 0.396 e. The van der Waals surface area contributed by atoms with E-state index in [0.717, 1.165) is 22.9 Å². The van der Waals surface area contributed by atoms with Crippen LogP contribution in [0.15, 0.2) is 53.3 Å². The van der Waals surface area contributed by atoms with Crippen molar-refractivity contribution in [3.05, 3.63) is 91.6 Å². The number of halogens is 6. The van der Waals surface area contributed by atoms with Crippen molar-refractivity contribution in [3.8, 4) is 0 Å². The predicted octanol–water partition coefficient (Wildman–Crippen LogP) is 6.31. The molecule has 2 aromatic carbocycles. The molecule has 0 unspecified atom stereocenters. The summed E-state index contributed by atoms with van der Waals surface area (Å²) in [6.07, 6.45) is 2.56. The third-order valence-electron chi connectivity index (χ3n) is 4.60.